The lowest BCUT2D eigenvalue weighted by Crippen LogP contribution is -1.83. The van der Waals surface area contributed by atoms with E-state index in [-0.39, 0.29) is 0 Å². The van der Waals surface area contributed by atoms with E-state index in [4.69, 9.17) is 0 Å². The van der Waals surface area contributed by atoms with Gasteiger partial charge in [0.1, 0.15) is 0 Å². The van der Waals surface area contributed by atoms with Gasteiger partial charge in [0.25, 0.3) is 0 Å². The monoisotopic (exact) mass is 198 g/mol. The predicted octanol–water partition coefficient (Wildman–Crippen LogP) is 3.19. The highest BCUT2D eigenvalue weighted by Gasteiger charge is 1.90. The van der Waals surface area contributed by atoms with Gasteiger partial charge in [0.15, 0.2) is 0 Å². The Labute approximate surface area is 81.3 Å². The number of benzene rings is 1. The normalized spacial score (nSPS) is 10.1. The molecule has 1 rings (SSSR count). The van der Waals surface area contributed by atoms with E-state index in [0.717, 1.165) is 5.75 Å². The van der Waals surface area contributed by atoms with Crippen LogP contribution in [0.1, 0.15) is 12.0 Å². The first kappa shape index (κ1) is 10.1. The average Bonchev–Trinajstić information content (AvgIpc) is 2.14. The summed E-state index contributed by atoms with van der Waals surface area (Å²) in [5, 5.41) is 0. The summed E-state index contributed by atoms with van der Waals surface area (Å²) >= 11 is 2.02. The van der Waals surface area contributed by atoms with Crippen LogP contribution in [0.2, 0.25) is 0 Å². The summed E-state index contributed by atoms with van der Waals surface area (Å²) in [5.74, 6) is 2.43. The van der Waals surface area contributed by atoms with Crippen LogP contribution in [0.5, 0.6) is 0 Å². The third-order valence-electron chi connectivity index (χ3n) is 1.60. The van der Waals surface area contributed by atoms with Gasteiger partial charge in [-0.25, -0.2) is 0 Å². The molecule has 2 heteroatoms. The minimum absolute atomic E-state index is 1.16. The number of hydrogen-bond donors (Lipinski definition) is 0. The zero-order chi connectivity index (χ0) is 8.65. The van der Waals surface area contributed by atoms with Crippen LogP contribution in [0.4, 0.5) is 0 Å². The lowest BCUT2D eigenvalue weighted by atomic mass is 10.2. The highest BCUT2D eigenvalue weighted by atomic mass is 32.2. The Kier molecular flexibility index (Phi) is 5.47. The van der Waals surface area contributed by atoms with E-state index in [2.05, 4.69) is 39.6 Å². The van der Waals surface area contributed by atoms with Gasteiger partial charge in [0, 0.05) is 5.75 Å². The molecule has 1 atom stereocenters. The molecule has 0 N–H and O–H groups in total. The van der Waals surface area contributed by atoms with Crippen molar-refractivity contribution in [1.29, 1.82) is 0 Å². The van der Waals surface area contributed by atoms with Crippen LogP contribution in [0.15, 0.2) is 30.3 Å². The Morgan fingerprint density at radius 3 is 2.58 bits per heavy atom. The molecule has 1 aromatic rings. The molecule has 12 heavy (non-hydrogen) atoms. The van der Waals surface area contributed by atoms with E-state index in [0.29, 0.717) is 0 Å². The summed E-state index contributed by atoms with van der Waals surface area (Å²) in [4.78, 5) is 0. The van der Waals surface area contributed by atoms with Gasteiger partial charge >= 0.3 is 0 Å². The van der Waals surface area contributed by atoms with Gasteiger partial charge in [-0.15, -0.1) is 9.24 Å². The highest BCUT2D eigenvalue weighted by molar-refractivity contribution is 7.98. The molecule has 66 valence electrons. The zero-order valence-electron chi connectivity index (χ0n) is 7.20. The molecular weight excluding hydrogens is 183 g/mol. The van der Waals surface area contributed by atoms with E-state index in [9.17, 15) is 0 Å². The fourth-order valence-corrected chi connectivity index (χ4v) is 2.39. The van der Waals surface area contributed by atoms with Crippen LogP contribution >= 0.6 is 21.0 Å². The Morgan fingerprint density at radius 2 is 1.92 bits per heavy atom. The molecule has 0 aliphatic heterocycles. The number of rotatable bonds is 5. The second kappa shape index (κ2) is 6.51. The van der Waals surface area contributed by atoms with E-state index < -0.39 is 0 Å². The summed E-state index contributed by atoms with van der Waals surface area (Å²) in [5.41, 5.74) is 1.44. The highest BCUT2D eigenvalue weighted by Crippen LogP contribution is 2.12. The molecule has 0 aliphatic carbocycles. The minimum atomic E-state index is 1.16. The maximum Gasteiger partial charge on any atom is 0.0184 e. The molecule has 0 spiro atoms. The maximum absolute atomic E-state index is 2.77. The van der Waals surface area contributed by atoms with Crippen molar-refractivity contribution in [3.63, 3.8) is 0 Å². The van der Waals surface area contributed by atoms with E-state index in [1.165, 1.54) is 23.9 Å². The predicted molar refractivity (Wildman–Crippen MR) is 61.8 cm³/mol. The quantitative estimate of drug-likeness (QED) is 0.517. The van der Waals surface area contributed by atoms with Gasteiger partial charge in [0.2, 0.25) is 0 Å². The van der Waals surface area contributed by atoms with Crippen molar-refractivity contribution in [2.24, 2.45) is 0 Å². The molecule has 0 heterocycles. The lowest BCUT2D eigenvalue weighted by Gasteiger charge is -1.99. The number of hydrogen-bond acceptors (Lipinski definition) is 1. The van der Waals surface area contributed by atoms with Crippen molar-refractivity contribution in [2.45, 2.75) is 12.2 Å². The second-order valence-electron chi connectivity index (χ2n) is 2.68. The van der Waals surface area contributed by atoms with Crippen LogP contribution in [-0.4, -0.2) is 11.9 Å². The van der Waals surface area contributed by atoms with Gasteiger partial charge < -0.3 is 0 Å². The summed E-state index contributed by atoms with van der Waals surface area (Å²) in [6.07, 6.45) is 2.53. The lowest BCUT2D eigenvalue weighted by molar-refractivity contribution is 1.12. The Balaban J connectivity index is 2.16. The molecular formula is C10H15PS. The van der Waals surface area contributed by atoms with E-state index in [1.807, 2.05) is 11.8 Å². The largest absolute Gasteiger partial charge is 0.157 e. The van der Waals surface area contributed by atoms with Gasteiger partial charge in [-0.05, 0) is 23.9 Å². The smallest absolute Gasteiger partial charge is 0.0184 e. The van der Waals surface area contributed by atoms with Crippen molar-refractivity contribution in [1.82, 2.24) is 0 Å². The Morgan fingerprint density at radius 1 is 1.17 bits per heavy atom. The molecule has 1 unspecified atom stereocenters. The van der Waals surface area contributed by atoms with Crippen LogP contribution in [-0.2, 0) is 5.75 Å². The first-order chi connectivity index (χ1) is 5.93. The molecule has 0 fully saturated rings. The fourth-order valence-electron chi connectivity index (χ4n) is 0.950. The zero-order valence-corrected chi connectivity index (χ0v) is 9.17. The van der Waals surface area contributed by atoms with Gasteiger partial charge in [-0.1, -0.05) is 30.3 Å². The third-order valence-corrected chi connectivity index (χ3v) is 3.13. The van der Waals surface area contributed by atoms with Crippen LogP contribution in [0.25, 0.3) is 0 Å². The van der Waals surface area contributed by atoms with Crippen LogP contribution < -0.4 is 0 Å². The van der Waals surface area contributed by atoms with Crippen LogP contribution in [0.3, 0.4) is 0 Å². The minimum Gasteiger partial charge on any atom is -0.157 e. The Bertz CT molecular complexity index is 198. The average molecular weight is 198 g/mol. The summed E-state index contributed by atoms with van der Waals surface area (Å²) in [6.45, 7) is 0. The maximum atomic E-state index is 2.77. The molecule has 0 bridgehead atoms. The SMILES string of the molecule is PCCCSCc1ccccc1. The molecule has 0 aromatic heterocycles. The van der Waals surface area contributed by atoms with Gasteiger partial charge in [-0.2, -0.15) is 11.8 Å². The summed E-state index contributed by atoms with van der Waals surface area (Å²) < 4.78 is 0. The Hall–Kier alpha value is 0. The van der Waals surface area contributed by atoms with E-state index in [1.54, 1.807) is 0 Å². The third kappa shape index (κ3) is 4.13. The fraction of sp³-hybridized carbons (Fsp3) is 0.400. The molecule has 0 aliphatic rings. The van der Waals surface area contributed by atoms with Crippen molar-refractivity contribution in [3.8, 4) is 0 Å². The van der Waals surface area contributed by atoms with Crippen molar-refractivity contribution >= 4 is 21.0 Å². The van der Waals surface area contributed by atoms with Crippen molar-refractivity contribution in [3.05, 3.63) is 35.9 Å². The van der Waals surface area contributed by atoms with E-state index >= 15 is 0 Å². The standard InChI is InChI=1S/C10H15PS/c11-7-4-8-12-9-10-5-2-1-3-6-10/h1-3,5-6H,4,7-9,11H2. The van der Waals surface area contributed by atoms with Gasteiger partial charge in [-0.3, -0.25) is 0 Å². The first-order valence-electron chi connectivity index (χ1n) is 4.25. The molecule has 0 saturated carbocycles. The van der Waals surface area contributed by atoms with Crippen molar-refractivity contribution < 1.29 is 0 Å². The molecule has 0 amide bonds. The molecule has 0 saturated heterocycles. The molecule has 1 aromatic carbocycles. The topological polar surface area (TPSA) is 0 Å². The van der Waals surface area contributed by atoms with Crippen LogP contribution in [0, 0.1) is 0 Å². The van der Waals surface area contributed by atoms with Crippen molar-refractivity contribution in [2.75, 3.05) is 11.9 Å². The summed E-state index contributed by atoms with van der Waals surface area (Å²) in [7, 11) is 2.77. The first-order valence-corrected chi connectivity index (χ1v) is 6.22. The summed E-state index contributed by atoms with van der Waals surface area (Å²) in [6, 6.07) is 10.6. The van der Waals surface area contributed by atoms with Gasteiger partial charge in [0.05, 0.1) is 0 Å². The second-order valence-corrected chi connectivity index (χ2v) is 4.36. The molecule has 0 radical (unpaired) electrons. The molecule has 0 nitrogen and oxygen atoms in total. The number of thioether (sulfide) groups is 1.